The summed E-state index contributed by atoms with van der Waals surface area (Å²) in [6.07, 6.45) is 3.27. The Morgan fingerprint density at radius 2 is 2.20 bits per heavy atom. The van der Waals surface area contributed by atoms with Crippen molar-refractivity contribution in [2.45, 2.75) is 19.1 Å². The van der Waals surface area contributed by atoms with E-state index in [1.807, 2.05) is 22.9 Å². The van der Waals surface area contributed by atoms with Gasteiger partial charge in [0.05, 0.1) is 37.2 Å². The standard InChI is InChI=1S/C24H27N5O5S/c1-24(12-30,13-31)27-23(32)21-17-10-34-20-9-19(33-3)15(18(25)4-6-26-2)8-16(20)22(17)29(28-21)14-5-7-35-11-14/h4-9,11,30-31H,10,12-13,25H2,1-3H3,(H,27,32). The van der Waals surface area contributed by atoms with Gasteiger partial charge in [0.25, 0.3) is 5.91 Å². The summed E-state index contributed by atoms with van der Waals surface area (Å²) in [6.45, 7) is 0.780. The summed E-state index contributed by atoms with van der Waals surface area (Å²) in [5, 5.41) is 30.4. The Morgan fingerprint density at radius 3 is 2.83 bits per heavy atom. The fourth-order valence-electron chi connectivity index (χ4n) is 3.73. The SMILES string of the molecule is CN=CC=C(N)c1cc2c(cc1OC)OCc1c(C(=O)NC(C)(CO)CO)nn(-c3ccsc3)c1-2. The summed E-state index contributed by atoms with van der Waals surface area (Å²) in [6, 6.07) is 5.51. The highest BCUT2D eigenvalue weighted by atomic mass is 32.1. The average molecular weight is 498 g/mol. The van der Waals surface area contributed by atoms with E-state index in [1.54, 1.807) is 44.1 Å². The van der Waals surface area contributed by atoms with E-state index >= 15 is 0 Å². The van der Waals surface area contributed by atoms with Gasteiger partial charge in [-0.3, -0.25) is 9.79 Å². The largest absolute Gasteiger partial charge is 0.496 e. The summed E-state index contributed by atoms with van der Waals surface area (Å²) in [5.41, 5.74) is 9.07. The number of aromatic nitrogens is 2. The van der Waals surface area contributed by atoms with Gasteiger partial charge >= 0.3 is 0 Å². The highest BCUT2D eigenvalue weighted by Crippen LogP contribution is 2.44. The normalized spacial score (nSPS) is 13.3. The predicted molar refractivity (Wildman–Crippen MR) is 134 cm³/mol. The van der Waals surface area contributed by atoms with Crippen LogP contribution in [0.4, 0.5) is 0 Å². The highest BCUT2D eigenvalue weighted by Gasteiger charge is 2.34. The molecule has 35 heavy (non-hydrogen) atoms. The van der Waals surface area contributed by atoms with Crippen molar-refractivity contribution in [3.05, 3.63) is 51.9 Å². The van der Waals surface area contributed by atoms with Crippen LogP contribution in [-0.4, -0.2) is 65.0 Å². The number of carbonyl (C=O) groups excluding carboxylic acids is 1. The van der Waals surface area contributed by atoms with Gasteiger partial charge in [-0.1, -0.05) is 0 Å². The molecule has 1 aliphatic heterocycles. The molecule has 0 saturated heterocycles. The van der Waals surface area contributed by atoms with E-state index < -0.39 is 24.7 Å². The summed E-state index contributed by atoms with van der Waals surface area (Å²) in [5.74, 6) is 0.570. The number of aliphatic hydroxyl groups is 2. The Morgan fingerprint density at radius 1 is 1.43 bits per heavy atom. The van der Waals surface area contributed by atoms with Crippen LogP contribution in [0.1, 0.15) is 28.5 Å². The first-order valence-corrected chi connectivity index (χ1v) is 11.7. The quantitative estimate of drug-likeness (QED) is 0.348. The van der Waals surface area contributed by atoms with Gasteiger partial charge in [-0.2, -0.15) is 16.4 Å². The Balaban J connectivity index is 1.92. The number of hydrogen-bond donors (Lipinski definition) is 4. The number of benzene rings is 1. The summed E-state index contributed by atoms with van der Waals surface area (Å²) in [4.78, 5) is 17.2. The molecule has 0 atom stereocenters. The number of nitrogens with two attached hydrogens (primary N) is 1. The number of thiophene rings is 1. The van der Waals surface area contributed by atoms with E-state index in [0.29, 0.717) is 39.6 Å². The molecule has 0 radical (unpaired) electrons. The molecule has 0 saturated carbocycles. The molecule has 3 heterocycles. The second kappa shape index (κ2) is 9.90. The number of methoxy groups -OCH3 is 1. The Bertz CT molecular complexity index is 1290. The molecule has 5 N–H and O–H groups in total. The van der Waals surface area contributed by atoms with Gasteiger partial charge < -0.3 is 30.7 Å². The van der Waals surface area contributed by atoms with E-state index in [0.717, 1.165) is 5.69 Å². The number of fused-ring (bicyclic) bond motifs is 3. The molecule has 0 fully saturated rings. The van der Waals surface area contributed by atoms with Gasteiger partial charge in [-0.05, 0) is 30.5 Å². The van der Waals surface area contributed by atoms with Crippen molar-refractivity contribution in [2.75, 3.05) is 27.4 Å². The molecule has 2 aromatic heterocycles. The van der Waals surface area contributed by atoms with Gasteiger partial charge in [0.1, 0.15) is 18.1 Å². The zero-order chi connectivity index (χ0) is 25.2. The van der Waals surface area contributed by atoms with Crippen LogP contribution in [0, 0.1) is 0 Å². The molecule has 0 unspecified atom stereocenters. The first kappa shape index (κ1) is 24.5. The van der Waals surface area contributed by atoms with Crippen LogP contribution >= 0.6 is 11.3 Å². The van der Waals surface area contributed by atoms with Crippen LogP contribution in [-0.2, 0) is 6.61 Å². The maximum Gasteiger partial charge on any atom is 0.272 e. The van der Waals surface area contributed by atoms with Crippen LogP contribution < -0.4 is 20.5 Å². The Kier molecular flexibility index (Phi) is 6.92. The number of carbonyl (C=O) groups is 1. The molecule has 0 bridgehead atoms. The van der Waals surface area contributed by atoms with Crippen molar-refractivity contribution < 1.29 is 24.5 Å². The smallest absolute Gasteiger partial charge is 0.272 e. The predicted octanol–water partition coefficient (Wildman–Crippen LogP) is 1.98. The van der Waals surface area contributed by atoms with Gasteiger partial charge in [0, 0.05) is 47.1 Å². The number of aliphatic imine (C=N–C) groups is 1. The first-order valence-electron chi connectivity index (χ1n) is 10.8. The number of rotatable bonds is 8. The van der Waals surface area contributed by atoms with Gasteiger partial charge in [0.15, 0.2) is 5.69 Å². The topological polar surface area (TPSA) is 144 Å². The monoisotopic (exact) mass is 497 g/mol. The van der Waals surface area contributed by atoms with Crippen molar-refractivity contribution in [1.82, 2.24) is 15.1 Å². The molecule has 1 aliphatic rings. The minimum Gasteiger partial charge on any atom is -0.496 e. The lowest BCUT2D eigenvalue weighted by atomic mass is 9.97. The Hall–Kier alpha value is -3.67. The van der Waals surface area contributed by atoms with Crippen LogP contribution in [0.25, 0.3) is 22.6 Å². The van der Waals surface area contributed by atoms with Crippen molar-refractivity contribution in [2.24, 2.45) is 10.7 Å². The molecule has 184 valence electrons. The molecular weight excluding hydrogens is 470 g/mol. The maximum absolute atomic E-state index is 13.2. The zero-order valence-electron chi connectivity index (χ0n) is 19.6. The molecule has 3 aromatic rings. The van der Waals surface area contributed by atoms with E-state index in [-0.39, 0.29) is 12.3 Å². The number of ether oxygens (including phenoxy) is 2. The molecule has 10 nitrogen and oxygen atoms in total. The maximum atomic E-state index is 13.2. The third-order valence-corrected chi connectivity index (χ3v) is 6.38. The van der Waals surface area contributed by atoms with Crippen molar-refractivity contribution in [3.8, 4) is 28.4 Å². The van der Waals surface area contributed by atoms with Crippen LogP contribution in [0.3, 0.4) is 0 Å². The summed E-state index contributed by atoms with van der Waals surface area (Å²) >= 11 is 1.50. The van der Waals surface area contributed by atoms with Crippen molar-refractivity contribution in [1.29, 1.82) is 0 Å². The van der Waals surface area contributed by atoms with Crippen molar-refractivity contribution in [3.63, 3.8) is 0 Å². The van der Waals surface area contributed by atoms with E-state index in [9.17, 15) is 15.0 Å². The van der Waals surface area contributed by atoms with Crippen LogP contribution in [0.2, 0.25) is 0 Å². The minimum absolute atomic E-state index is 0.0977. The zero-order valence-corrected chi connectivity index (χ0v) is 20.4. The van der Waals surface area contributed by atoms with E-state index in [1.165, 1.54) is 11.3 Å². The van der Waals surface area contributed by atoms with Gasteiger partial charge in [-0.15, -0.1) is 0 Å². The third kappa shape index (κ3) is 4.53. The fourth-order valence-corrected chi connectivity index (χ4v) is 4.34. The van der Waals surface area contributed by atoms with Gasteiger partial charge in [0.2, 0.25) is 0 Å². The number of hydrogen-bond acceptors (Lipinski definition) is 9. The molecule has 4 rings (SSSR count). The highest BCUT2D eigenvalue weighted by molar-refractivity contribution is 7.08. The molecule has 0 aliphatic carbocycles. The number of nitrogens with one attached hydrogen (secondary N) is 1. The average Bonchev–Trinajstić information content (AvgIpc) is 3.54. The fraction of sp³-hybridized carbons (Fsp3) is 0.292. The van der Waals surface area contributed by atoms with Crippen LogP contribution in [0.15, 0.2) is 40.0 Å². The number of allylic oxidation sites excluding steroid dienone is 1. The minimum atomic E-state index is -1.20. The molecule has 1 aromatic carbocycles. The van der Waals surface area contributed by atoms with E-state index in [2.05, 4.69) is 15.4 Å². The number of aliphatic hydroxyl groups excluding tert-OH is 2. The number of nitrogens with zero attached hydrogens (tertiary/aromatic N) is 3. The summed E-state index contributed by atoms with van der Waals surface area (Å²) < 4.78 is 13.3. The lowest BCUT2D eigenvalue weighted by molar-refractivity contribution is 0.0717. The van der Waals surface area contributed by atoms with E-state index in [4.69, 9.17) is 15.2 Å². The van der Waals surface area contributed by atoms with Crippen molar-refractivity contribution >= 4 is 29.2 Å². The molecule has 11 heteroatoms. The lowest BCUT2D eigenvalue weighted by Crippen LogP contribution is -2.52. The second-order valence-corrected chi connectivity index (χ2v) is 9.05. The summed E-state index contributed by atoms with van der Waals surface area (Å²) in [7, 11) is 3.20. The molecule has 1 amide bonds. The van der Waals surface area contributed by atoms with Crippen LogP contribution in [0.5, 0.6) is 11.5 Å². The second-order valence-electron chi connectivity index (χ2n) is 8.27. The lowest BCUT2D eigenvalue weighted by Gasteiger charge is -2.26. The third-order valence-electron chi connectivity index (χ3n) is 5.71. The number of amides is 1. The van der Waals surface area contributed by atoms with Gasteiger partial charge in [-0.25, -0.2) is 4.68 Å². The molecule has 0 spiro atoms. The Labute approximate surface area is 206 Å². The first-order chi connectivity index (χ1) is 16.9. The molecular formula is C24H27N5O5S.